The highest BCUT2D eigenvalue weighted by Crippen LogP contribution is 2.33. The molecule has 0 spiro atoms. The molecule has 6 nitrogen and oxygen atoms in total. The van der Waals surface area contributed by atoms with Crippen LogP contribution in [-0.2, 0) is 4.74 Å². The summed E-state index contributed by atoms with van der Waals surface area (Å²) in [6.07, 6.45) is 1.36. The maximum atomic E-state index is 12.4. The van der Waals surface area contributed by atoms with Crippen molar-refractivity contribution >= 4 is 28.7 Å². The molecule has 1 amide bonds. The number of likely N-dealkylation sites (tertiary alicyclic amines) is 1. The van der Waals surface area contributed by atoms with Gasteiger partial charge >= 0.3 is 6.09 Å². The number of aromatic nitrogens is 2. The fourth-order valence-corrected chi connectivity index (χ4v) is 3.00. The molecule has 7 heteroatoms. The molecule has 2 aromatic rings. The molecule has 0 saturated carbocycles. The van der Waals surface area contributed by atoms with Crippen LogP contribution in [0.1, 0.15) is 45.5 Å². The molecular weight excluding hydrogens is 421 g/mol. The van der Waals surface area contributed by atoms with Crippen LogP contribution < -0.4 is 0 Å². The van der Waals surface area contributed by atoms with Crippen LogP contribution in [0, 0.1) is 3.57 Å². The Morgan fingerprint density at radius 2 is 2.00 bits per heavy atom. The molecule has 0 N–H and O–H groups in total. The first kappa shape index (κ1) is 17.2. The molecule has 1 aromatic carbocycles. The molecule has 1 saturated heterocycles. The summed E-state index contributed by atoms with van der Waals surface area (Å²) in [5.74, 6) is 0.935. The van der Waals surface area contributed by atoms with Crippen LogP contribution in [0.15, 0.2) is 28.7 Å². The van der Waals surface area contributed by atoms with E-state index in [4.69, 9.17) is 9.15 Å². The van der Waals surface area contributed by atoms with E-state index >= 15 is 0 Å². The van der Waals surface area contributed by atoms with E-state index in [1.54, 1.807) is 4.90 Å². The van der Waals surface area contributed by atoms with E-state index in [-0.39, 0.29) is 12.1 Å². The van der Waals surface area contributed by atoms with Gasteiger partial charge in [-0.05, 0) is 80.5 Å². The maximum Gasteiger partial charge on any atom is 0.410 e. The highest BCUT2D eigenvalue weighted by molar-refractivity contribution is 14.1. The molecule has 1 aliphatic rings. The van der Waals surface area contributed by atoms with Gasteiger partial charge in [-0.2, -0.15) is 0 Å². The molecule has 0 bridgehead atoms. The Labute approximate surface area is 154 Å². The van der Waals surface area contributed by atoms with E-state index in [1.165, 1.54) is 0 Å². The van der Waals surface area contributed by atoms with Gasteiger partial charge in [0.15, 0.2) is 0 Å². The van der Waals surface area contributed by atoms with Crippen LogP contribution in [0.3, 0.4) is 0 Å². The fourth-order valence-electron chi connectivity index (χ4n) is 2.64. The number of rotatable bonds is 2. The summed E-state index contributed by atoms with van der Waals surface area (Å²) < 4.78 is 12.4. The lowest BCUT2D eigenvalue weighted by molar-refractivity contribution is 0.0204. The van der Waals surface area contributed by atoms with Crippen LogP contribution in [0.4, 0.5) is 4.79 Å². The zero-order valence-corrected chi connectivity index (χ0v) is 16.1. The van der Waals surface area contributed by atoms with E-state index in [9.17, 15) is 4.79 Å². The van der Waals surface area contributed by atoms with Gasteiger partial charge < -0.3 is 9.15 Å². The van der Waals surface area contributed by atoms with Crippen molar-refractivity contribution in [2.24, 2.45) is 0 Å². The van der Waals surface area contributed by atoms with Crippen LogP contribution in [0.5, 0.6) is 0 Å². The van der Waals surface area contributed by atoms with E-state index in [0.717, 1.165) is 22.0 Å². The van der Waals surface area contributed by atoms with Crippen LogP contribution >= 0.6 is 22.6 Å². The lowest BCUT2D eigenvalue weighted by Gasteiger charge is -2.27. The van der Waals surface area contributed by atoms with E-state index in [1.807, 2.05) is 45.0 Å². The topological polar surface area (TPSA) is 68.5 Å². The van der Waals surface area contributed by atoms with Crippen molar-refractivity contribution in [3.63, 3.8) is 0 Å². The van der Waals surface area contributed by atoms with Gasteiger partial charge in [0.2, 0.25) is 11.8 Å². The Bertz CT molecular complexity index is 721. The number of benzene rings is 1. The van der Waals surface area contributed by atoms with E-state index < -0.39 is 5.60 Å². The highest BCUT2D eigenvalue weighted by atomic mass is 127. The van der Waals surface area contributed by atoms with Gasteiger partial charge in [0.05, 0.1) is 0 Å². The number of ether oxygens (including phenoxy) is 1. The highest BCUT2D eigenvalue weighted by Gasteiger charge is 2.36. The number of hydrogen-bond donors (Lipinski definition) is 0. The molecule has 1 atom stereocenters. The third-order valence-electron chi connectivity index (χ3n) is 3.70. The van der Waals surface area contributed by atoms with Crippen LogP contribution in [0.25, 0.3) is 11.5 Å². The minimum absolute atomic E-state index is 0.218. The van der Waals surface area contributed by atoms with E-state index in [0.29, 0.717) is 18.3 Å². The lowest BCUT2D eigenvalue weighted by Crippen LogP contribution is -2.36. The molecule has 2 heterocycles. The number of carbonyl (C=O) groups is 1. The normalized spacial score (nSPS) is 18.0. The Kier molecular flexibility index (Phi) is 4.80. The summed E-state index contributed by atoms with van der Waals surface area (Å²) in [5.41, 5.74) is 0.349. The van der Waals surface area contributed by atoms with Crippen molar-refractivity contribution in [1.29, 1.82) is 0 Å². The van der Waals surface area contributed by atoms with Crippen molar-refractivity contribution in [3.8, 4) is 11.5 Å². The third kappa shape index (κ3) is 3.88. The molecule has 0 radical (unpaired) electrons. The molecule has 24 heavy (non-hydrogen) atoms. The average Bonchev–Trinajstić information content (AvgIpc) is 3.15. The molecule has 0 unspecified atom stereocenters. The van der Waals surface area contributed by atoms with Gasteiger partial charge in [-0.15, -0.1) is 10.2 Å². The van der Waals surface area contributed by atoms with Gasteiger partial charge in [0, 0.05) is 15.7 Å². The Hall–Kier alpha value is -1.64. The van der Waals surface area contributed by atoms with Crippen molar-refractivity contribution in [1.82, 2.24) is 15.1 Å². The zero-order chi connectivity index (χ0) is 17.3. The van der Waals surface area contributed by atoms with E-state index in [2.05, 4.69) is 32.8 Å². The summed E-state index contributed by atoms with van der Waals surface area (Å²) >= 11 is 2.25. The number of hydrogen-bond acceptors (Lipinski definition) is 5. The number of carbonyl (C=O) groups excluding carboxylic acids is 1. The maximum absolute atomic E-state index is 12.4. The SMILES string of the molecule is CC(C)(C)OC(=O)N1CCC[C@H]1c1nnc(-c2ccc(I)cc2)o1. The van der Waals surface area contributed by atoms with Crippen molar-refractivity contribution in [2.45, 2.75) is 45.3 Å². The first-order valence-electron chi connectivity index (χ1n) is 7.92. The smallest absolute Gasteiger partial charge is 0.410 e. The molecule has 1 aliphatic heterocycles. The first-order valence-corrected chi connectivity index (χ1v) is 9.00. The minimum atomic E-state index is -0.522. The van der Waals surface area contributed by atoms with Crippen molar-refractivity contribution in [3.05, 3.63) is 33.7 Å². The first-order chi connectivity index (χ1) is 11.3. The molecule has 0 aliphatic carbocycles. The van der Waals surface area contributed by atoms with Gasteiger partial charge in [0.25, 0.3) is 0 Å². The predicted molar refractivity (Wildman–Crippen MR) is 97.4 cm³/mol. The van der Waals surface area contributed by atoms with Crippen LogP contribution in [-0.4, -0.2) is 33.3 Å². The third-order valence-corrected chi connectivity index (χ3v) is 4.42. The summed E-state index contributed by atoms with van der Waals surface area (Å²) in [6.45, 7) is 6.22. The Morgan fingerprint density at radius 1 is 1.29 bits per heavy atom. The van der Waals surface area contributed by atoms with Gasteiger partial charge in [-0.25, -0.2) is 4.79 Å². The summed E-state index contributed by atoms with van der Waals surface area (Å²) in [4.78, 5) is 14.0. The van der Waals surface area contributed by atoms with Crippen LogP contribution in [0.2, 0.25) is 0 Å². The number of nitrogens with zero attached hydrogens (tertiary/aromatic N) is 3. The second-order valence-corrected chi connectivity index (χ2v) is 8.03. The minimum Gasteiger partial charge on any atom is -0.444 e. The Morgan fingerprint density at radius 3 is 2.67 bits per heavy atom. The Balaban J connectivity index is 1.78. The molecule has 1 fully saturated rings. The summed E-state index contributed by atoms with van der Waals surface area (Å²) in [5, 5.41) is 8.29. The predicted octanol–water partition coefficient (Wildman–Crippen LogP) is 4.41. The van der Waals surface area contributed by atoms with Gasteiger partial charge in [0.1, 0.15) is 11.6 Å². The molecular formula is C17H20IN3O3. The van der Waals surface area contributed by atoms with Crippen molar-refractivity contribution < 1.29 is 13.9 Å². The second-order valence-electron chi connectivity index (χ2n) is 6.78. The average molecular weight is 441 g/mol. The quantitative estimate of drug-likeness (QED) is 0.646. The molecule has 128 valence electrons. The fraction of sp³-hybridized carbons (Fsp3) is 0.471. The standard InChI is InChI=1S/C17H20IN3O3/c1-17(2,3)24-16(22)21-10-4-5-13(21)15-20-19-14(23-15)11-6-8-12(18)9-7-11/h6-9,13H,4-5,10H2,1-3H3/t13-/m0/s1. The monoisotopic (exact) mass is 441 g/mol. The summed E-state index contributed by atoms with van der Waals surface area (Å²) in [6, 6.07) is 7.65. The number of amides is 1. The molecule has 1 aromatic heterocycles. The summed E-state index contributed by atoms with van der Waals surface area (Å²) in [7, 11) is 0. The van der Waals surface area contributed by atoms with Gasteiger partial charge in [-0.1, -0.05) is 0 Å². The number of halogens is 1. The van der Waals surface area contributed by atoms with Crippen molar-refractivity contribution in [2.75, 3.05) is 6.54 Å². The zero-order valence-electron chi connectivity index (χ0n) is 14.0. The molecule has 3 rings (SSSR count). The largest absolute Gasteiger partial charge is 0.444 e. The van der Waals surface area contributed by atoms with Gasteiger partial charge in [-0.3, -0.25) is 4.90 Å². The second kappa shape index (κ2) is 6.70. The lowest BCUT2D eigenvalue weighted by atomic mass is 10.2.